The van der Waals surface area contributed by atoms with Crippen LogP contribution in [-0.2, 0) is 11.3 Å². The number of likely N-dealkylation sites (tertiary alicyclic amines) is 1. The lowest BCUT2D eigenvalue weighted by atomic mass is 10.0. The average Bonchev–Trinajstić information content (AvgIpc) is 3.20. The minimum atomic E-state index is -0.538. The van der Waals surface area contributed by atoms with Crippen LogP contribution >= 0.6 is 0 Å². The minimum absolute atomic E-state index is 0.0631. The molecule has 190 valence electrons. The predicted octanol–water partition coefficient (Wildman–Crippen LogP) is 3.82. The third kappa shape index (κ3) is 7.19. The fourth-order valence-electron chi connectivity index (χ4n) is 4.68. The smallest absolute Gasteiger partial charge is 0.410 e. The van der Waals surface area contributed by atoms with Crippen LogP contribution in [0.3, 0.4) is 0 Å². The zero-order valence-electron chi connectivity index (χ0n) is 21.6. The van der Waals surface area contributed by atoms with Crippen LogP contribution in [0.2, 0.25) is 0 Å². The maximum Gasteiger partial charge on any atom is 0.410 e. The van der Waals surface area contributed by atoms with Gasteiger partial charge in [-0.05, 0) is 63.1 Å². The molecule has 2 aliphatic heterocycles. The summed E-state index contributed by atoms with van der Waals surface area (Å²) >= 11 is 0. The molecule has 2 atom stereocenters. The van der Waals surface area contributed by atoms with Gasteiger partial charge in [0.2, 0.25) is 0 Å². The number of ether oxygens (including phenoxy) is 2. The highest BCUT2D eigenvalue weighted by molar-refractivity contribution is 5.69. The number of nitrogens with zero attached hydrogens (tertiary/aromatic N) is 3. The Morgan fingerprint density at radius 2 is 1.74 bits per heavy atom. The van der Waals surface area contributed by atoms with Gasteiger partial charge in [0, 0.05) is 45.3 Å². The Bertz CT molecular complexity index is 980. The number of rotatable bonds is 6. The molecule has 7 nitrogen and oxygen atoms in total. The molecule has 0 aliphatic carbocycles. The molecule has 0 saturated carbocycles. The van der Waals surface area contributed by atoms with Gasteiger partial charge in [-0.25, -0.2) is 4.79 Å². The summed E-state index contributed by atoms with van der Waals surface area (Å²) in [6.07, 6.45) is 0.373. The van der Waals surface area contributed by atoms with Crippen molar-refractivity contribution in [1.29, 1.82) is 0 Å². The lowest BCUT2D eigenvalue weighted by Gasteiger charge is -2.32. The highest BCUT2D eigenvalue weighted by Gasteiger charge is 2.36. The van der Waals surface area contributed by atoms with Gasteiger partial charge in [-0.3, -0.25) is 4.90 Å². The van der Waals surface area contributed by atoms with Gasteiger partial charge >= 0.3 is 6.09 Å². The molecule has 2 fully saturated rings. The first-order valence-corrected chi connectivity index (χ1v) is 12.6. The van der Waals surface area contributed by atoms with Crippen molar-refractivity contribution in [2.45, 2.75) is 51.4 Å². The van der Waals surface area contributed by atoms with Crippen LogP contribution in [0.25, 0.3) is 11.1 Å². The van der Waals surface area contributed by atoms with Crippen molar-refractivity contribution in [3.8, 4) is 16.9 Å². The summed E-state index contributed by atoms with van der Waals surface area (Å²) in [5.74, 6) is 0.786. The fourth-order valence-corrected chi connectivity index (χ4v) is 4.68. The standard InChI is InChI=1S/C28H40N4O3/c1-28(2,3)35-27(33)32-19-24(29)17-25(32)20-34-26-7-5-6-23(16-26)22-10-8-21(9-11-22)18-31-14-12-30(4)13-15-31/h5-11,16,24-25H,12-15,17-20,29H2,1-4H3/t24-,25-/m0/s1. The molecule has 2 saturated heterocycles. The number of carbonyl (C=O) groups is 1. The Kier molecular flexibility index (Phi) is 7.99. The largest absolute Gasteiger partial charge is 0.491 e. The third-order valence-electron chi connectivity index (χ3n) is 6.64. The zero-order valence-corrected chi connectivity index (χ0v) is 21.6. The summed E-state index contributed by atoms with van der Waals surface area (Å²) in [5.41, 5.74) is 9.23. The first kappa shape index (κ1) is 25.5. The highest BCUT2D eigenvalue weighted by atomic mass is 16.6. The van der Waals surface area contributed by atoms with Crippen molar-refractivity contribution >= 4 is 6.09 Å². The van der Waals surface area contributed by atoms with Gasteiger partial charge in [-0.15, -0.1) is 0 Å². The Balaban J connectivity index is 1.35. The molecular weight excluding hydrogens is 440 g/mol. The van der Waals surface area contributed by atoms with Crippen molar-refractivity contribution in [2.75, 3.05) is 46.4 Å². The van der Waals surface area contributed by atoms with Crippen molar-refractivity contribution < 1.29 is 14.3 Å². The molecule has 0 spiro atoms. The topological polar surface area (TPSA) is 71.3 Å². The molecule has 2 aromatic rings. The van der Waals surface area contributed by atoms with Crippen LogP contribution in [0, 0.1) is 0 Å². The normalized spacial score (nSPS) is 21.8. The van der Waals surface area contributed by atoms with E-state index in [-0.39, 0.29) is 18.2 Å². The van der Waals surface area contributed by atoms with Crippen molar-refractivity contribution in [3.63, 3.8) is 0 Å². The van der Waals surface area contributed by atoms with E-state index in [0.717, 1.165) is 49.6 Å². The first-order valence-electron chi connectivity index (χ1n) is 12.6. The van der Waals surface area contributed by atoms with Gasteiger partial charge in [0.05, 0.1) is 6.04 Å². The second-order valence-corrected chi connectivity index (χ2v) is 10.9. The second-order valence-electron chi connectivity index (χ2n) is 10.9. The SMILES string of the molecule is CN1CCN(Cc2ccc(-c3cccc(OC[C@@H]4C[C@H](N)CN4C(=O)OC(C)(C)C)c3)cc2)CC1. The molecule has 1 amide bonds. The number of hydrogen-bond donors (Lipinski definition) is 1. The van der Waals surface area contributed by atoms with E-state index in [0.29, 0.717) is 19.6 Å². The number of likely N-dealkylation sites (N-methyl/N-ethyl adjacent to an activating group) is 1. The van der Waals surface area contributed by atoms with Crippen LogP contribution in [0.15, 0.2) is 48.5 Å². The Hall–Kier alpha value is -2.61. The second kappa shape index (κ2) is 11.0. The van der Waals surface area contributed by atoms with Crippen LogP contribution in [0.5, 0.6) is 5.75 Å². The van der Waals surface area contributed by atoms with Crippen LogP contribution in [0.1, 0.15) is 32.8 Å². The summed E-state index contributed by atoms with van der Waals surface area (Å²) < 4.78 is 11.7. The van der Waals surface area contributed by atoms with E-state index >= 15 is 0 Å². The summed E-state index contributed by atoms with van der Waals surface area (Å²) in [5, 5.41) is 0. The van der Waals surface area contributed by atoms with Gasteiger partial charge in [-0.1, -0.05) is 36.4 Å². The molecule has 0 bridgehead atoms. The van der Waals surface area contributed by atoms with Crippen molar-refractivity contribution in [1.82, 2.24) is 14.7 Å². The lowest BCUT2D eigenvalue weighted by Crippen LogP contribution is -2.43. The molecule has 7 heteroatoms. The summed E-state index contributed by atoms with van der Waals surface area (Å²) in [7, 11) is 2.18. The first-order chi connectivity index (χ1) is 16.7. The lowest BCUT2D eigenvalue weighted by molar-refractivity contribution is 0.0186. The molecular formula is C28H40N4O3. The quantitative estimate of drug-likeness (QED) is 0.678. The van der Waals surface area contributed by atoms with Crippen molar-refractivity contribution in [3.05, 3.63) is 54.1 Å². The number of carbonyl (C=O) groups excluding carboxylic acids is 1. The fraction of sp³-hybridized carbons (Fsp3) is 0.536. The van der Waals surface area contributed by atoms with E-state index in [1.807, 2.05) is 32.9 Å². The summed E-state index contributed by atoms with van der Waals surface area (Å²) in [6, 6.07) is 16.8. The average molecular weight is 481 g/mol. The van der Waals surface area contributed by atoms with Gasteiger partial charge in [0.1, 0.15) is 18.0 Å². The highest BCUT2D eigenvalue weighted by Crippen LogP contribution is 2.26. The number of hydrogen-bond acceptors (Lipinski definition) is 6. The maximum absolute atomic E-state index is 12.6. The van der Waals surface area contributed by atoms with Gasteiger partial charge in [-0.2, -0.15) is 0 Å². The Morgan fingerprint density at radius 3 is 2.43 bits per heavy atom. The van der Waals surface area contributed by atoms with Gasteiger partial charge in [0.25, 0.3) is 0 Å². The molecule has 0 radical (unpaired) electrons. The predicted molar refractivity (Wildman–Crippen MR) is 139 cm³/mol. The molecule has 0 aromatic heterocycles. The number of piperazine rings is 1. The van der Waals surface area contributed by atoms with E-state index in [9.17, 15) is 4.79 Å². The number of benzene rings is 2. The van der Waals surface area contributed by atoms with Crippen LogP contribution in [0.4, 0.5) is 4.79 Å². The third-order valence-corrected chi connectivity index (χ3v) is 6.64. The van der Waals surface area contributed by atoms with E-state index in [4.69, 9.17) is 15.2 Å². The van der Waals surface area contributed by atoms with E-state index in [1.54, 1.807) is 4.90 Å². The van der Waals surface area contributed by atoms with E-state index in [1.165, 1.54) is 5.56 Å². The molecule has 4 rings (SSSR count). The molecule has 2 aromatic carbocycles. The van der Waals surface area contributed by atoms with Gasteiger partial charge < -0.3 is 25.0 Å². The van der Waals surface area contributed by atoms with Crippen molar-refractivity contribution in [2.24, 2.45) is 5.73 Å². The minimum Gasteiger partial charge on any atom is -0.491 e. The summed E-state index contributed by atoms with van der Waals surface area (Å²) in [6.45, 7) is 12.0. The summed E-state index contributed by atoms with van der Waals surface area (Å²) in [4.78, 5) is 19.2. The monoisotopic (exact) mass is 480 g/mol. The van der Waals surface area contributed by atoms with Gasteiger partial charge in [0.15, 0.2) is 0 Å². The Labute approximate surface area is 209 Å². The zero-order chi connectivity index (χ0) is 25.0. The molecule has 0 unspecified atom stereocenters. The molecule has 35 heavy (non-hydrogen) atoms. The molecule has 2 N–H and O–H groups in total. The number of nitrogens with two attached hydrogens (primary N) is 1. The number of amides is 1. The van der Waals surface area contributed by atoms with Crippen LogP contribution in [-0.4, -0.2) is 84.9 Å². The molecule has 2 aliphatic rings. The Morgan fingerprint density at radius 1 is 1.03 bits per heavy atom. The van der Waals surface area contributed by atoms with E-state index in [2.05, 4.69) is 53.2 Å². The van der Waals surface area contributed by atoms with Crippen LogP contribution < -0.4 is 10.5 Å². The molecule has 2 heterocycles. The maximum atomic E-state index is 12.6. The van der Waals surface area contributed by atoms with E-state index < -0.39 is 5.60 Å².